The topological polar surface area (TPSA) is 41.6 Å². The van der Waals surface area contributed by atoms with Crippen LogP contribution < -0.4 is 10.1 Å². The molecule has 28 heavy (non-hydrogen) atoms. The van der Waals surface area contributed by atoms with Crippen LogP contribution in [0.2, 0.25) is 0 Å². The maximum absolute atomic E-state index is 13.3. The van der Waals surface area contributed by atoms with E-state index in [-0.39, 0.29) is 18.3 Å². The Morgan fingerprint density at radius 3 is 2.29 bits per heavy atom. The summed E-state index contributed by atoms with van der Waals surface area (Å²) in [5.74, 6) is 1.21. The molecule has 1 amide bonds. The average molecular weight is 403 g/mol. The third-order valence-electron chi connectivity index (χ3n) is 5.32. The monoisotopic (exact) mass is 402 g/mol. The van der Waals surface area contributed by atoms with E-state index in [1.54, 1.807) is 0 Å². The Bertz CT molecular complexity index is 743. The van der Waals surface area contributed by atoms with Crippen LogP contribution >= 0.6 is 12.4 Å². The molecule has 1 saturated heterocycles. The predicted octanol–water partition coefficient (Wildman–Crippen LogP) is 4.56. The van der Waals surface area contributed by atoms with Crippen molar-refractivity contribution in [3.05, 3.63) is 65.7 Å². The molecule has 1 aliphatic heterocycles. The summed E-state index contributed by atoms with van der Waals surface area (Å²) in [6.45, 7) is 5.85. The van der Waals surface area contributed by atoms with Crippen LogP contribution in [0.1, 0.15) is 49.8 Å². The van der Waals surface area contributed by atoms with Crippen molar-refractivity contribution in [3.63, 3.8) is 0 Å². The minimum Gasteiger partial charge on any atom is -0.476 e. The first-order valence-electron chi connectivity index (χ1n) is 9.86. The molecule has 5 heteroatoms. The number of nitrogens with zero attached hydrogens (tertiary/aromatic N) is 1. The SMILES string of the molecule is CNC1CCN(C(=O)C(Oc2cccc(C(C)C)c2)c2ccccc2)CC1.Cl. The van der Waals surface area contributed by atoms with Crippen molar-refractivity contribution in [3.8, 4) is 5.75 Å². The molecule has 0 aromatic heterocycles. The Balaban J connectivity index is 0.00000280. The first-order valence-corrected chi connectivity index (χ1v) is 9.86. The number of ether oxygens (including phenoxy) is 1. The van der Waals surface area contributed by atoms with Crippen molar-refractivity contribution >= 4 is 18.3 Å². The van der Waals surface area contributed by atoms with E-state index in [0.717, 1.165) is 37.2 Å². The van der Waals surface area contributed by atoms with Crippen LogP contribution in [0.4, 0.5) is 0 Å². The molecule has 0 saturated carbocycles. The number of amides is 1. The van der Waals surface area contributed by atoms with E-state index in [1.807, 2.05) is 60.5 Å². The van der Waals surface area contributed by atoms with Crippen LogP contribution in [-0.2, 0) is 4.79 Å². The van der Waals surface area contributed by atoms with Gasteiger partial charge in [-0.3, -0.25) is 4.79 Å². The number of benzene rings is 2. The van der Waals surface area contributed by atoms with Crippen molar-refractivity contribution in [2.75, 3.05) is 20.1 Å². The smallest absolute Gasteiger partial charge is 0.268 e. The van der Waals surface area contributed by atoms with E-state index in [0.29, 0.717) is 12.0 Å². The summed E-state index contributed by atoms with van der Waals surface area (Å²) in [6, 6.07) is 18.4. The molecule has 0 bridgehead atoms. The van der Waals surface area contributed by atoms with Gasteiger partial charge in [0, 0.05) is 24.7 Å². The van der Waals surface area contributed by atoms with Crippen LogP contribution in [0.15, 0.2) is 54.6 Å². The minimum absolute atomic E-state index is 0. The number of hydrogen-bond donors (Lipinski definition) is 1. The summed E-state index contributed by atoms with van der Waals surface area (Å²) in [5, 5.41) is 3.31. The van der Waals surface area contributed by atoms with Gasteiger partial charge >= 0.3 is 0 Å². The lowest BCUT2D eigenvalue weighted by atomic mass is 10.0. The van der Waals surface area contributed by atoms with Gasteiger partial charge in [0.15, 0.2) is 0 Å². The zero-order valence-electron chi connectivity index (χ0n) is 16.9. The third-order valence-corrected chi connectivity index (χ3v) is 5.32. The molecule has 3 rings (SSSR count). The first kappa shape index (κ1) is 22.3. The molecule has 1 aliphatic rings. The fourth-order valence-corrected chi connectivity index (χ4v) is 3.53. The van der Waals surface area contributed by atoms with Gasteiger partial charge in [-0.1, -0.05) is 56.3 Å². The van der Waals surface area contributed by atoms with Gasteiger partial charge < -0.3 is 15.0 Å². The molecule has 0 radical (unpaired) electrons. The van der Waals surface area contributed by atoms with Gasteiger partial charge in [0.05, 0.1) is 0 Å². The van der Waals surface area contributed by atoms with Gasteiger partial charge in [-0.2, -0.15) is 0 Å². The second-order valence-electron chi connectivity index (χ2n) is 7.52. The van der Waals surface area contributed by atoms with Gasteiger partial charge in [0.2, 0.25) is 6.10 Å². The van der Waals surface area contributed by atoms with Crippen molar-refractivity contribution in [2.24, 2.45) is 0 Å². The molecule has 1 fully saturated rings. The number of hydrogen-bond acceptors (Lipinski definition) is 3. The molecule has 0 spiro atoms. The number of carbonyl (C=O) groups excluding carboxylic acids is 1. The lowest BCUT2D eigenvalue weighted by Crippen LogP contribution is -2.46. The van der Waals surface area contributed by atoms with E-state index in [1.165, 1.54) is 5.56 Å². The molecule has 1 atom stereocenters. The summed E-state index contributed by atoms with van der Waals surface area (Å²) in [4.78, 5) is 15.2. The third kappa shape index (κ3) is 5.49. The number of piperidine rings is 1. The molecule has 4 nitrogen and oxygen atoms in total. The quantitative estimate of drug-likeness (QED) is 0.769. The van der Waals surface area contributed by atoms with Crippen molar-refractivity contribution in [2.45, 2.75) is 44.8 Å². The molecule has 2 aromatic rings. The lowest BCUT2D eigenvalue weighted by Gasteiger charge is -2.34. The van der Waals surface area contributed by atoms with E-state index in [4.69, 9.17) is 4.74 Å². The Morgan fingerprint density at radius 1 is 1.04 bits per heavy atom. The fourth-order valence-electron chi connectivity index (χ4n) is 3.53. The average Bonchev–Trinajstić information content (AvgIpc) is 2.72. The number of likely N-dealkylation sites (tertiary alicyclic amines) is 1. The molecule has 0 aliphatic carbocycles. The largest absolute Gasteiger partial charge is 0.476 e. The minimum atomic E-state index is -0.611. The molecule has 1 unspecified atom stereocenters. The number of nitrogens with one attached hydrogen (secondary N) is 1. The highest BCUT2D eigenvalue weighted by atomic mass is 35.5. The zero-order chi connectivity index (χ0) is 19.2. The summed E-state index contributed by atoms with van der Waals surface area (Å²) in [5.41, 5.74) is 2.11. The van der Waals surface area contributed by atoms with E-state index >= 15 is 0 Å². The van der Waals surface area contributed by atoms with E-state index in [2.05, 4.69) is 25.2 Å². The first-order chi connectivity index (χ1) is 13.1. The summed E-state index contributed by atoms with van der Waals surface area (Å²) < 4.78 is 6.25. The molecule has 152 valence electrons. The van der Waals surface area contributed by atoms with Gasteiger partial charge in [-0.25, -0.2) is 0 Å². The van der Waals surface area contributed by atoms with Crippen molar-refractivity contribution in [1.82, 2.24) is 10.2 Å². The van der Waals surface area contributed by atoms with Crippen LogP contribution in [0.3, 0.4) is 0 Å². The summed E-state index contributed by atoms with van der Waals surface area (Å²) >= 11 is 0. The Labute approximate surface area is 174 Å². The number of halogens is 1. The molecule has 2 aromatic carbocycles. The van der Waals surface area contributed by atoms with Gasteiger partial charge in [0.25, 0.3) is 5.91 Å². The fraction of sp³-hybridized carbons (Fsp3) is 0.435. The Kier molecular flexibility index (Phi) is 8.34. The maximum atomic E-state index is 13.3. The number of rotatable bonds is 6. The second-order valence-corrected chi connectivity index (χ2v) is 7.52. The molecular formula is C23H31ClN2O2. The van der Waals surface area contributed by atoms with E-state index in [9.17, 15) is 4.79 Å². The Hall–Kier alpha value is -2.04. The summed E-state index contributed by atoms with van der Waals surface area (Å²) in [7, 11) is 1.99. The normalized spacial score (nSPS) is 15.8. The van der Waals surface area contributed by atoms with Crippen LogP contribution in [-0.4, -0.2) is 37.0 Å². The molecule has 1 N–H and O–H groups in total. The van der Waals surface area contributed by atoms with Gasteiger partial charge in [0.1, 0.15) is 5.75 Å². The standard InChI is InChI=1S/C23H30N2O2.ClH/c1-17(2)19-10-7-11-21(16-19)27-22(18-8-5-4-6-9-18)23(26)25-14-12-20(24-3)13-15-25;/h4-11,16-17,20,22,24H,12-15H2,1-3H3;1H. The van der Waals surface area contributed by atoms with Crippen molar-refractivity contribution < 1.29 is 9.53 Å². The highest BCUT2D eigenvalue weighted by molar-refractivity contribution is 5.85. The highest BCUT2D eigenvalue weighted by Gasteiger charge is 2.30. The predicted molar refractivity (Wildman–Crippen MR) is 116 cm³/mol. The molecular weight excluding hydrogens is 372 g/mol. The maximum Gasteiger partial charge on any atom is 0.268 e. The highest BCUT2D eigenvalue weighted by Crippen LogP contribution is 2.28. The van der Waals surface area contributed by atoms with Crippen LogP contribution in [0, 0.1) is 0 Å². The van der Waals surface area contributed by atoms with Gasteiger partial charge in [-0.05, 0) is 43.5 Å². The van der Waals surface area contributed by atoms with E-state index < -0.39 is 6.10 Å². The van der Waals surface area contributed by atoms with Gasteiger partial charge in [-0.15, -0.1) is 12.4 Å². The zero-order valence-corrected chi connectivity index (χ0v) is 17.7. The van der Waals surface area contributed by atoms with Crippen LogP contribution in [0.5, 0.6) is 5.75 Å². The summed E-state index contributed by atoms with van der Waals surface area (Å²) in [6.07, 6.45) is 1.35. The van der Waals surface area contributed by atoms with Crippen LogP contribution in [0.25, 0.3) is 0 Å². The van der Waals surface area contributed by atoms with Crippen molar-refractivity contribution in [1.29, 1.82) is 0 Å². The number of carbonyl (C=O) groups is 1. The Morgan fingerprint density at radius 2 is 1.68 bits per heavy atom. The second kappa shape index (κ2) is 10.5. The molecule has 1 heterocycles. The lowest BCUT2D eigenvalue weighted by molar-refractivity contribution is -0.140.